The van der Waals surface area contributed by atoms with Crippen molar-refractivity contribution in [2.24, 2.45) is 5.92 Å². The molecule has 0 bridgehead atoms. The van der Waals surface area contributed by atoms with E-state index in [-0.39, 0.29) is 11.6 Å². The van der Waals surface area contributed by atoms with Gasteiger partial charge in [-0.05, 0) is 13.8 Å². The Morgan fingerprint density at radius 3 is 2.33 bits per heavy atom. The van der Waals surface area contributed by atoms with Crippen LogP contribution in [-0.2, 0) is 9.53 Å². The summed E-state index contributed by atoms with van der Waals surface area (Å²) in [6.07, 6.45) is 0.576. The van der Waals surface area contributed by atoms with E-state index in [4.69, 9.17) is 4.74 Å². The molecular weight excluding hydrogens is 116 g/mol. The Kier molecular flexibility index (Phi) is 1.26. The number of hydrogen-bond donors (Lipinski definition) is 0. The lowest BCUT2D eigenvalue weighted by Gasteiger charge is -2.20. The summed E-state index contributed by atoms with van der Waals surface area (Å²) in [5.74, 6) is 0.303. The Labute approximate surface area is 55.2 Å². The SMILES string of the molecule is CC1CC(=O)OC1(C)C. The van der Waals surface area contributed by atoms with Crippen LogP contribution in [0.2, 0.25) is 0 Å². The van der Waals surface area contributed by atoms with E-state index in [1.807, 2.05) is 20.8 Å². The minimum atomic E-state index is -0.225. The van der Waals surface area contributed by atoms with Crippen LogP contribution in [0.1, 0.15) is 27.2 Å². The van der Waals surface area contributed by atoms with Crippen molar-refractivity contribution in [3.8, 4) is 0 Å². The summed E-state index contributed by atoms with van der Waals surface area (Å²) >= 11 is 0. The molecule has 0 aromatic heterocycles. The average Bonchev–Trinajstić information content (AvgIpc) is 1.79. The zero-order valence-electron chi connectivity index (χ0n) is 6.10. The molecule has 0 amide bonds. The van der Waals surface area contributed by atoms with Crippen LogP contribution in [0.3, 0.4) is 0 Å². The second-order valence-electron chi connectivity index (χ2n) is 3.18. The first-order chi connectivity index (χ1) is 4.02. The molecule has 1 aliphatic rings. The number of esters is 1. The van der Waals surface area contributed by atoms with E-state index in [1.165, 1.54) is 0 Å². The fourth-order valence-electron chi connectivity index (χ4n) is 0.931. The lowest BCUT2D eigenvalue weighted by Crippen LogP contribution is -2.25. The van der Waals surface area contributed by atoms with Gasteiger partial charge in [0.05, 0.1) is 6.42 Å². The van der Waals surface area contributed by atoms with E-state index < -0.39 is 0 Å². The first-order valence-electron chi connectivity index (χ1n) is 3.24. The zero-order chi connectivity index (χ0) is 7.07. The van der Waals surface area contributed by atoms with Gasteiger partial charge in [-0.1, -0.05) is 6.92 Å². The fourth-order valence-corrected chi connectivity index (χ4v) is 0.931. The smallest absolute Gasteiger partial charge is 0.306 e. The Morgan fingerprint density at radius 1 is 1.67 bits per heavy atom. The quantitative estimate of drug-likeness (QED) is 0.460. The highest BCUT2D eigenvalue weighted by Gasteiger charge is 2.38. The minimum Gasteiger partial charge on any atom is -0.459 e. The molecule has 0 radical (unpaired) electrons. The van der Waals surface area contributed by atoms with Gasteiger partial charge in [0.1, 0.15) is 5.60 Å². The fraction of sp³-hybridized carbons (Fsp3) is 0.857. The summed E-state index contributed by atoms with van der Waals surface area (Å²) in [6, 6.07) is 0. The maximum absolute atomic E-state index is 10.6. The van der Waals surface area contributed by atoms with Gasteiger partial charge < -0.3 is 4.74 Å². The van der Waals surface area contributed by atoms with Gasteiger partial charge >= 0.3 is 5.97 Å². The van der Waals surface area contributed by atoms with Crippen molar-refractivity contribution in [2.45, 2.75) is 32.8 Å². The van der Waals surface area contributed by atoms with Crippen molar-refractivity contribution in [2.75, 3.05) is 0 Å². The number of hydrogen-bond acceptors (Lipinski definition) is 2. The molecule has 9 heavy (non-hydrogen) atoms. The number of carbonyl (C=O) groups excluding carboxylic acids is 1. The molecule has 1 saturated heterocycles. The van der Waals surface area contributed by atoms with E-state index >= 15 is 0 Å². The van der Waals surface area contributed by atoms with Crippen LogP contribution in [0.15, 0.2) is 0 Å². The highest BCUT2D eigenvalue weighted by atomic mass is 16.6. The van der Waals surface area contributed by atoms with Crippen LogP contribution in [0, 0.1) is 5.92 Å². The largest absolute Gasteiger partial charge is 0.459 e. The number of cyclic esters (lactones) is 1. The van der Waals surface area contributed by atoms with Crippen molar-refractivity contribution in [1.29, 1.82) is 0 Å². The highest BCUT2D eigenvalue weighted by Crippen LogP contribution is 2.31. The van der Waals surface area contributed by atoms with Crippen molar-refractivity contribution in [1.82, 2.24) is 0 Å². The molecule has 1 unspecified atom stereocenters. The first-order valence-corrected chi connectivity index (χ1v) is 3.24. The molecular formula is C7H12O2. The van der Waals surface area contributed by atoms with Gasteiger partial charge in [-0.25, -0.2) is 0 Å². The van der Waals surface area contributed by atoms with Crippen LogP contribution in [0.25, 0.3) is 0 Å². The van der Waals surface area contributed by atoms with Gasteiger partial charge in [-0.3, -0.25) is 4.79 Å². The third-order valence-electron chi connectivity index (χ3n) is 2.04. The first kappa shape index (κ1) is 6.59. The Bertz CT molecular complexity index is 138. The van der Waals surface area contributed by atoms with Gasteiger partial charge in [0.25, 0.3) is 0 Å². The van der Waals surface area contributed by atoms with Crippen molar-refractivity contribution in [3.63, 3.8) is 0 Å². The molecule has 1 atom stereocenters. The molecule has 1 fully saturated rings. The lowest BCUT2D eigenvalue weighted by molar-refractivity contribution is -0.146. The van der Waals surface area contributed by atoms with Crippen molar-refractivity contribution >= 4 is 5.97 Å². The zero-order valence-corrected chi connectivity index (χ0v) is 6.10. The second kappa shape index (κ2) is 1.72. The third kappa shape index (κ3) is 1.07. The van der Waals surface area contributed by atoms with Crippen molar-refractivity contribution in [3.05, 3.63) is 0 Å². The van der Waals surface area contributed by atoms with Crippen molar-refractivity contribution < 1.29 is 9.53 Å². The molecule has 52 valence electrons. The molecule has 0 N–H and O–H groups in total. The molecule has 1 rings (SSSR count). The Balaban J connectivity index is 2.69. The third-order valence-corrected chi connectivity index (χ3v) is 2.04. The van der Waals surface area contributed by atoms with Gasteiger partial charge in [0.2, 0.25) is 0 Å². The lowest BCUT2D eigenvalue weighted by atomic mass is 9.93. The number of rotatable bonds is 0. The van der Waals surface area contributed by atoms with Crippen LogP contribution < -0.4 is 0 Å². The Morgan fingerprint density at radius 2 is 2.22 bits per heavy atom. The number of carbonyl (C=O) groups is 1. The summed E-state index contributed by atoms with van der Waals surface area (Å²) < 4.78 is 5.02. The van der Waals surface area contributed by atoms with Gasteiger partial charge in [-0.2, -0.15) is 0 Å². The molecule has 0 aromatic carbocycles. The predicted octanol–water partition coefficient (Wildman–Crippen LogP) is 1.35. The van der Waals surface area contributed by atoms with E-state index in [1.54, 1.807) is 0 Å². The molecule has 0 aliphatic carbocycles. The van der Waals surface area contributed by atoms with Gasteiger partial charge in [-0.15, -0.1) is 0 Å². The molecule has 1 heterocycles. The molecule has 0 saturated carbocycles. The van der Waals surface area contributed by atoms with Gasteiger partial charge in [0, 0.05) is 5.92 Å². The molecule has 2 nitrogen and oxygen atoms in total. The molecule has 2 heteroatoms. The molecule has 0 aromatic rings. The van der Waals surface area contributed by atoms with Crippen LogP contribution in [0.4, 0.5) is 0 Å². The Hall–Kier alpha value is -0.530. The minimum absolute atomic E-state index is 0.0625. The summed E-state index contributed by atoms with van der Waals surface area (Å²) in [4.78, 5) is 10.6. The maximum Gasteiger partial charge on any atom is 0.306 e. The van der Waals surface area contributed by atoms with E-state index in [9.17, 15) is 4.79 Å². The van der Waals surface area contributed by atoms with E-state index in [2.05, 4.69) is 0 Å². The standard InChI is InChI=1S/C7H12O2/c1-5-4-6(8)9-7(5,2)3/h5H,4H2,1-3H3. The summed E-state index contributed by atoms with van der Waals surface area (Å²) in [5.41, 5.74) is -0.225. The topological polar surface area (TPSA) is 26.3 Å². The summed E-state index contributed by atoms with van der Waals surface area (Å²) in [5, 5.41) is 0. The van der Waals surface area contributed by atoms with Crippen LogP contribution in [-0.4, -0.2) is 11.6 Å². The summed E-state index contributed by atoms with van der Waals surface area (Å²) in [7, 11) is 0. The predicted molar refractivity (Wildman–Crippen MR) is 34.0 cm³/mol. The molecule has 1 aliphatic heterocycles. The normalized spacial score (nSPS) is 32.3. The second-order valence-corrected chi connectivity index (χ2v) is 3.18. The van der Waals surface area contributed by atoms with E-state index in [0.717, 1.165) is 0 Å². The van der Waals surface area contributed by atoms with Crippen LogP contribution in [0.5, 0.6) is 0 Å². The molecule has 0 spiro atoms. The van der Waals surface area contributed by atoms with Crippen LogP contribution >= 0.6 is 0 Å². The highest BCUT2D eigenvalue weighted by molar-refractivity contribution is 5.72. The average molecular weight is 128 g/mol. The number of ether oxygens (including phenoxy) is 1. The van der Waals surface area contributed by atoms with E-state index in [0.29, 0.717) is 12.3 Å². The van der Waals surface area contributed by atoms with Gasteiger partial charge in [0.15, 0.2) is 0 Å². The monoisotopic (exact) mass is 128 g/mol. The maximum atomic E-state index is 10.6. The summed E-state index contributed by atoms with van der Waals surface area (Å²) in [6.45, 7) is 5.93.